The summed E-state index contributed by atoms with van der Waals surface area (Å²) in [6, 6.07) is 18.5. The monoisotopic (exact) mass is 409 g/mol. The first-order valence-electron chi connectivity index (χ1n) is 10.2. The number of nitrogens with zero attached hydrogens (tertiary/aromatic N) is 5. The molecule has 5 aromatic rings. The van der Waals surface area contributed by atoms with Gasteiger partial charge in [0.25, 0.3) is 0 Å². The molecule has 0 aliphatic heterocycles. The first-order valence-corrected chi connectivity index (χ1v) is 10.2. The summed E-state index contributed by atoms with van der Waals surface area (Å²) in [5.41, 5.74) is 5.28. The number of benzene rings is 2. The van der Waals surface area contributed by atoms with Crippen molar-refractivity contribution in [2.45, 2.75) is 20.0 Å². The highest BCUT2D eigenvalue weighted by Crippen LogP contribution is 2.33. The number of hydrogen-bond donors (Lipinski definition) is 0. The fraction of sp³-hybridized carbons (Fsp3) is 0.160. The third-order valence-corrected chi connectivity index (χ3v) is 5.47. The highest BCUT2D eigenvalue weighted by atomic mass is 16.5. The molecule has 5 rings (SSSR count). The van der Waals surface area contributed by atoms with Gasteiger partial charge in [0.2, 0.25) is 0 Å². The molecular formula is C25H23N5O. The van der Waals surface area contributed by atoms with E-state index in [1.807, 2.05) is 48.3 Å². The van der Waals surface area contributed by atoms with E-state index in [0.717, 1.165) is 28.2 Å². The zero-order valence-electron chi connectivity index (χ0n) is 17.6. The quantitative estimate of drug-likeness (QED) is 0.402. The van der Waals surface area contributed by atoms with Crippen LogP contribution in [0.5, 0.6) is 5.75 Å². The van der Waals surface area contributed by atoms with E-state index in [2.05, 4.69) is 62.3 Å². The molecule has 0 N–H and O–H groups in total. The maximum absolute atomic E-state index is 5.47. The number of methoxy groups -OCH3 is 1. The molecule has 6 heteroatoms. The van der Waals surface area contributed by atoms with Crippen molar-refractivity contribution in [1.29, 1.82) is 0 Å². The van der Waals surface area contributed by atoms with Gasteiger partial charge < -0.3 is 9.30 Å². The van der Waals surface area contributed by atoms with Crippen molar-refractivity contribution in [2.24, 2.45) is 0 Å². The summed E-state index contributed by atoms with van der Waals surface area (Å²) >= 11 is 0. The minimum atomic E-state index is 0.613. The molecule has 6 nitrogen and oxygen atoms in total. The molecule has 2 aromatic carbocycles. The van der Waals surface area contributed by atoms with E-state index in [-0.39, 0.29) is 0 Å². The third kappa shape index (κ3) is 3.68. The van der Waals surface area contributed by atoms with Crippen molar-refractivity contribution in [3.8, 4) is 5.75 Å². The number of allylic oxidation sites excluding steroid dienone is 1. The summed E-state index contributed by atoms with van der Waals surface area (Å²) in [7, 11) is 1.69. The van der Waals surface area contributed by atoms with Gasteiger partial charge in [0.05, 0.1) is 43.1 Å². The number of fused-ring (bicyclic) bond motifs is 3. The molecule has 31 heavy (non-hydrogen) atoms. The smallest absolute Gasteiger partial charge is 0.120 e. The molecule has 0 spiro atoms. The van der Waals surface area contributed by atoms with Crippen molar-refractivity contribution in [2.75, 3.05) is 7.11 Å². The molecule has 0 saturated carbocycles. The summed E-state index contributed by atoms with van der Waals surface area (Å²) in [6.07, 6.45) is 8.04. The minimum Gasteiger partial charge on any atom is -0.497 e. The van der Waals surface area contributed by atoms with E-state index >= 15 is 0 Å². The summed E-state index contributed by atoms with van der Waals surface area (Å²) in [5, 5.41) is 11.1. The van der Waals surface area contributed by atoms with Crippen molar-refractivity contribution >= 4 is 27.9 Å². The Morgan fingerprint density at radius 1 is 1.03 bits per heavy atom. The second-order valence-corrected chi connectivity index (χ2v) is 7.51. The number of hydrogen-bond acceptors (Lipinski definition) is 4. The zero-order valence-corrected chi connectivity index (χ0v) is 17.6. The fourth-order valence-electron chi connectivity index (χ4n) is 4.01. The number of pyridine rings is 1. The van der Waals surface area contributed by atoms with Crippen LogP contribution in [0.4, 0.5) is 0 Å². The molecule has 0 unspecified atom stereocenters. The highest BCUT2D eigenvalue weighted by molar-refractivity contribution is 6.09. The summed E-state index contributed by atoms with van der Waals surface area (Å²) in [6.45, 7) is 3.33. The lowest BCUT2D eigenvalue weighted by atomic mass is 10.1. The van der Waals surface area contributed by atoms with Crippen LogP contribution in [0.25, 0.3) is 27.9 Å². The molecule has 0 amide bonds. The second kappa shape index (κ2) is 8.07. The second-order valence-electron chi connectivity index (χ2n) is 7.51. The Balaban J connectivity index is 1.47. The average molecular weight is 409 g/mol. The van der Waals surface area contributed by atoms with E-state index in [1.165, 1.54) is 16.3 Å². The van der Waals surface area contributed by atoms with Gasteiger partial charge in [-0.05, 0) is 30.7 Å². The van der Waals surface area contributed by atoms with Crippen LogP contribution in [-0.4, -0.2) is 31.7 Å². The molecule has 0 aliphatic carbocycles. The summed E-state index contributed by atoms with van der Waals surface area (Å²) in [4.78, 5) is 4.52. The molecule has 0 radical (unpaired) electrons. The van der Waals surface area contributed by atoms with Gasteiger partial charge in [-0.1, -0.05) is 47.7 Å². The molecule has 0 atom stereocenters. The molecule has 154 valence electrons. The van der Waals surface area contributed by atoms with Crippen LogP contribution < -0.4 is 4.74 Å². The van der Waals surface area contributed by atoms with Crippen LogP contribution in [0.2, 0.25) is 0 Å². The maximum Gasteiger partial charge on any atom is 0.120 e. The Hall–Kier alpha value is -3.93. The van der Waals surface area contributed by atoms with Crippen molar-refractivity contribution in [1.82, 2.24) is 24.5 Å². The van der Waals surface area contributed by atoms with E-state index < -0.39 is 0 Å². The lowest BCUT2D eigenvalue weighted by Crippen LogP contribution is -2.02. The number of aromatic nitrogens is 5. The summed E-state index contributed by atoms with van der Waals surface area (Å²) < 4.78 is 9.58. The van der Waals surface area contributed by atoms with Gasteiger partial charge in [-0.25, -0.2) is 4.68 Å². The van der Waals surface area contributed by atoms with Gasteiger partial charge in [-0.3, -0.25) is 4.98 Å². The van der Waals surface area contributed by atoms with Crippen LogP contribution in [0.1, 0.15) is 17.0 Å². The van der Waals surface area contributed by atoms with E-state index in [4.69, 9.17) is 4.74 Å². The van der Waals surface area contributed by atoms with E-state index in [9.17, 15) is 0 Å². The minimum absolute atomic E-state index is 0.613. The Labute approximate surface area is 180 Å². The lowest BCUT2D eigenvalue weighted by Gasteiger charge is -2.07. The van der Waals surface area contributed by atoms with E-state index in [0.29, 0.717) is 13.1 Å². The lowest BCUT2D eigenvalue weighted by molar-refractivity contribution is 0.415. The maximum atomic E-state index is 5.47. The third-order valence-electron chi connectivity index (χ3n) is 5.47. The number of rotatable bonds is 6. The normalized spacial score (nSPS) is 11.7. The Morgan fingerprint density at radius 3 is 2.74 bits per heavy atom. The number of ether oxygens (including phenoxy) is 1. The SMILES string of the molecule is COc1ccc2c3ccnc(C)c3n(Cc3cn(C/C=C/c4ccccc4)nn3)c2c1. The van der Waals surface area contributed by atoms with Gasteiger partial charge >= 0.3 is 0 Å². The first kappa shape index (κ1) is 19.1. The molecular weight excluding hydrogens is 386 g/mol. The molecule has 0 fully saturated rings. The Kier molecular flexibility index (Phi) is 4.96. The van der Waals surface area contributed by atoms with E-state index in [1.54, 1.807) is 7.11 Å². The van der Waals surface area contributed by atoms with Gasteiger partial charge in [-0.2, -0.15) is 0 Å². The van der Waals surface area contributed by atoms with Gasteiger partial charge in [0, 0.05) is 23.0 Å². The molecule has 0 saturated heterocycles. The topological polar surface area (TPSA) is 57.8 Å². The van der Waals surface area contributed by atoms with Crippen LogP contribution >= 0.6 is 0 Å². The highest BCUT2D eigenvalue weighted by Gasteiger charge is 2.15. The van der Waals surface area contributed by atoms with Crippen molar-refractivity contribution < 1.29 is 4.74 Å². The molecule has 0 bridgehead atoms. The summed E-state index contributed by atoms with van der Waals surface area (Å²) in [5.74, 6) is 0.830. The van der Waals surface area contributed by atoms with Crippen molar-refractivity contribution in [3.63, 3.8) is 0 Å². The van der Waals surface area contributed by atoms with Crippen LogP contribution in [0.15, 0.2) is 73.1 Å². The largest absolute Gasteiger partial charge is 0.497 e. The molecule has 3 heterocycles. The predicted octanol–water partition coefficient (Wildman–Crippen LogP) is 4.86. The first-order chi connectivity index (χ1) is 15.2. The Morgan fingerprint density at radius 2 is 1.90 bits per heavy atom. The van der Waals surface area contributed by atoms with Crippen LogP contribution in [-0.2, 0) is 13.1 Å². The van der Waals surface area contributed by atoms with Crippen molar-refractivity contribution in [3.05, 3.63) is 90.0 Å². The zero-order chi connectivity index (χ0) is 21.2. The fourth-order valence-corrected chi connectivity index (χ4v) is 4.01. The van der Waals surface area contributed by atoms with Crippen LogP contribution in [0, 0.1) is 6.92 Å². The molecule has 3 aromatic heterocycles. The molecule has 0 aliphatic rings. The van der Waals surface area contributed by atoms with Gasteiger partial charge in [0.1, 0.15) is 11.4 Å². The van der Waals surface area contributed by atoms with Gasteiger partial charge in [0.15, 0.2) is 0 Å². The Bertz CT molecular complexity index is 1380. The van der Waals surface area contributed by atoms with Gasteiger partial charge in [-0.15, -0.1) is 5.10 Å². The predicted molar refractivity (Wildman–Crippen MR) is 123 cm³/mol. The number of aryl methyl sites for hydroxylation is 1. The van der Waals surface area contributed by atoms with Crippen LogP contribution in [0.3, 0.4) is 0 Å². The average Bonchev–Trinajstić information content (AvgIpc) is 3.38. The standard InChI is InChI=1S/C25H23N5O/c1-18-25-23(12-13-26-18)22-11-10-21(31-2)15-24(22)30(25)17-20-16-29(28-27-20)14-6-9-19-7-4-3-5-8-19/h3-13,15-16H,14,17H2,1-2H3/b9-6+.